The molecular weight excluding hydrogens is 290 g/mol. The number of nitrogens with zero attached hydrogens (tertiary/aromatic N) is 1. The summed E-state index contributed by atoms with van der Waals surface area (Å²) in [7, 11) is 4.65. The quantitative estimate of drug-likeness (QED) is 0.800. The Hall–Kier alpha value is -1.39. The number of ether oxygens (including phenoxy) is 1. The topological polar surface area (TPSA) is 46.5 Å². The van der Waals surface area contributed by atoms with Crippen LogP contribution in [0.3, 0.4) is 0 Å². The number of piperidine rings is 1. The lowest BCUT2D eigenvalue weighted by molar-refractivity contribution is -0.927. The van der Waals surface area contributed by atoms with Gasteiger partial charge < -0.3 is 14.3 Å². The van der Waals surface area contributed by atoms with Crippen LogP contribution in [0.1, 0.15) is 36.0 Å². The van der Waals surface area contributed by atoms with Gasteiger partial charge in [0.1, 0.15) is 5.75 Å². The van der Waals surface area contributed by atoms with E-state index in [0.29, 0.717) is 18.4 Å². The van der Waals surface area contributed by atoms with Crippen LogP contribution in [0.2, 0.25) is 0 Å². The average Bonchev–Trinajstić information content (AvgIpc) is 2.87. The van der Waals surface area contributed by atoms with Crippen LogP contribution in [-0.2, 0) is 23.2 Å². The monoisotopic (exact) mass is 314 g/mol. The van der Waals surface area contributed by atoms with Crippen molar-refractivity contribution in [2.45, 2.75) is 49.9 Å². The van der Waals surface area contributed by atoms with Gasteiger partial charge in [0.25, 0.3) is 0 Å². The number of quaternary nitrogens is 1. The number of hydrogen-bond acceptors (Lipinski definition) is 3. The Kier molecular flexibility index (Phi) is 2.54. The van der Waals surface area contributed by atoms with Crippen molar-refractivity contribution in [2.24, 2.45) is 5.92 Å². The molecule has 1 aromatic rings. The predicted molar refractivity (Wildman–Crippen MR) is 85.3 cm³/mol. The highest BCUT2D eigenvalue weighted by Crippen LogP contribution is 2.62. The number of carbonyl (C=O) groups excluding carboxylic acids is 1. The third-order valence-electron chi connectivity index (χ3n) is 7.25. The summed E-state index contributed by atoms with van der Waals surface area (Å²) in [4.78, 5) is 12.7. The van der Waals surface area contributed by atoms with Crippen molar-refractivity contribution >= 4 is 5.78 Å². The van der Waals surface area contributed by atoms with Crippen LogP contribution in [0.15, 0.2) is 12.1 Å². The number of Topliss-reactive ketones (excluding diaryl/α,β-unsaturated/α-hetero) is 1. The number of carbonyl (C=O) groups is 1. The van der Waals surface area contributed by atoms with Gasteiger partial charge in [0.15, 0.2) is 11.9 Å². The number of benzene rings is 1. The van der Waals surface area contributed by atoms with E-state index in [-0.39, 0.29) is 23.9 Å². The number of aliphatic hydroxyl groups is 1. The lowest BCUT2D eigenvalue weighted by Crippen LogP contribution is -2.70. The molecule has 3 unspecified atom stereocenters. The van der Waals surface area contributed by atoms with Gasteiger partial charge in [-0.3, -0.25) is 4.79 Å². The van der Waals surface area contributed by atoms with E-state index in [1.807, 2.05) is 12.1 Å². The summed E-state index contributed by atoms with van der Waals surface area (Å²) >= 11 is 0. The third-order valence-corrected chi connectivity index (χ3v) is 7.25. The van der Waals surface area contributed by atoms with Gasteiger partial charge in [0.05, 0.1) is 38.7 Å². The number of aliphatic hydroxyl groups excluding tert-OH is 1. The number of likely N-dealkylation sites (N-methyl/N-ethyl adjacent to an activating group) is 1. The molecule has 1 N–H and O–H groups in total. The van der Waals surface area contributed by atoms with Crippen LogP contribution >= 0.6 is 0 Å². The molecule has 1 saturated heterocycles. The Morgan fingerprint density at radius 3 is 3.00 bits per heavy atom. The van der Waals surface area contributed by atoms with Crippen LogP contribution in [-0.4, -0.2) is 48.2 Å². The summed E-state index contributed by atoms with van der Waals surface area (Å²) in [5, 5.41) is 9.82. The van der Waals surface area contributed by atoms with Gasteiger partial charge in [-0.2, -0.15) is 0 Å². The highest BCUT2D eigenvalue weighted by molar-refractivity contribution is 5.88. The largest absolute Gasteiger partial charge is 0.481 e. The zero-order valence-electron chi connectivity index (χ0n) is 13.8. The van der Waals surface area contributed by atoms with E-state index >= 15 is 0 Å². The van der Waals surface area contributed by atoms with E-state index in [4.69, 9.17) is 4.74 Å². The van der Waals surface area contributed by atoms with Crippen molar-refractivity contribution in [3.8, 4) is 5.75 Å². The van der Waals surface area contributed by atoms with Gasteiger partial charge >= 0.3 is 0 Å². The molecule has 0 amide bonds. The minimum atomic E-state index is -0.285. The van der Waals surface area contributed by atoms with E-state index in [2.05, 4.69) is 14.1 Å². The first-order valence-electron chi connectivity index (χ1n) is 8.77. The number of ketones is 1. The average molecular weight is 314 g/mol. The molecule has 0 aromatic heterocycles. The van der Waals surface area contributed by atoms with Gasteiger partial charge in [-0.15, -0.1) is 0 Å². The Balaban J connectivity index is 1.82. The van der Waals surface area contributed by atoms with Gasteiger partial charge in [-0.1, -0.05) is 6.07 Å². The van der Waals surface area contributed by atoms with Crippen LogP contribution in [0.5, 0.6) is 5.75 Å². The number of likely N-dealkylation sites (tertiary alicyclic amines) is 1. The lowest BCUT2D eigenvalue weighted by atomic mass is 9.51. The Morgan fingerprint density at radius 2 is 2.22 bits per heavy atom. The van der Waals surface area contributed by atoms with Gasteiger partial charge in [0.2, 0.25) is 0 Å². The fraction of sp³-hybridized carbons (Fsp3) is 0.632. The summed E-state index contributed by atoms with van der Waals surface area (Å²) in [5.74, 6) is 1.71. The molecule has 4 aliphatic rings. The summed E-state index contributed by atoms with van der Waals surface area (Å²) in [5.41, 5.74) is 3.45. The summed E-state index contributed by atoms with van der Waals surface area (Å²) < 4.78 is 7.24. The summed E-state index contributed by atoms with van der Waals surface area (Å²) in [6, 6.07) is 4.49. The number of rotatable bonds is 1. The maximum atomic E-state index is 12.7. The van der Waals surface area contributed by atoms with Crippen LogP contribution in [0.4, 0.5) is 0 Å². The van der Waals surface area contributed by atoms with Gasteiger partial charge in [0, 0.05) is 30.7 Å². The molecule has 1 saturated carbocycles. The molecule has 0 radical (unpaired) electrons. The standard InChI is InChI=1S/C19H24NO3/c1-20(2)8-7-19-13-4-5-15(22)18(19)23-16-6-3-11(10-21)12(17(16)19)9-14(13)20/h3,6,13-14,18,21H,4-5,7-10H2,1-2H3/q+1/t13?,14?,18?,19-/m0/s1. The summed E-state index contributed by atoms with van der Waals surface area (Å²) in [6.45, 7) is 1.17. The van der Waals surface area contributed by atoms with Crippen molar-refractivity contribution in [2.75, 3.05) is 20.6 Å². The maximum Gasteiger partial charge on any atom is 0.174 e. The molecule has 1 aromatic carbocycles. The second-order valence-corrected chi connectivity index (χ2v) is 8.41. The molecule has 5 rings (SSSR count). The second-order valence-electron chi connectivity index (χ2n) is 8.41. The molecular formula is C19H24NO3+. The molecule has 2 heterocycles. The van der Waals surface area contributed by atoms with E-state index in [1.165, 1.54) is 11.1 Å². The van der Waals surface area contributed by atoms with Crippen LogP contribution in [0, 0.1) is 5.92 Å². The van der Waals surface area contributed by atoms with Crippen molar-refractivity contribution in [1.82, 2.24) is 0 Å². The first-order valence-corrected chi connectivity index (χ1v) is 8.77. The Bertz CT molecular complexity index is 726. The molecule has 4 atom stereocenters. The van der Waals surface area contributed by atoms with E-state index in [9.17, 15) is 9.90 Å². The molecule has 4 heteroatoms. The Labute approximate surface area is 136 Å². The fourth-order valence-electron chi connectivity index (χ4n) is 6.14. The highest BCUT2D eigenvalue weighted by Gasteiger charge is 2.68. The van der Waals surface area contributed by atoms with E-state index in [0.717, 1.165) is 41.6 Å². The molecule has 122 valence electrons. The van der Waals surface area contributed by atoms with Crippen molar-refractivity contribution in [3.05, 3.63) is 28.8 Å². The smallest absolute Gasteiger partial charge is 0.174 e. The van der Waals surface area contributed by atoms with Crippen LogP contribution < -0.4 is 4.74 Å². The molecule has 4 nitrogen and oxygen atoms in total. The first-order chi connectivity index (χ1) is 11.0. The molecule has 1 spiro atoms. The minimum absolute atomic E-state index is 0.0715. The molecule has 2 aliphatic carbocycles. The number of hydrogen-bond donors (Lipinski definition) is 1. The Morgan fingerprint density at radius 1 is 1.39 bits per heavy atom. The molecule has 2 fully saturated rings. The third kappa shape index (κ3) is 1.47. The van der Waals surface area contributed by atoms with Gasteiger partial charge in [-0.25, -0.2) is 0 Å². The van der Waals surface area contributed by atoms with Crippen molar-refractivity contribution in [3.63, 3.8) is 0 Å². The predicted octanol–water partition coefficient (Wildman–Crippen LogP) is 1.56. The fourth-order valence-corrected chi connectivity index (χ4v) is 6.14. The molecule has 23 heavy (non-hydrogen) atoms. The minimum Gasteiger partial charge on any atom is -0.481 e. The van der Waals surface area contributed by atoms with E-state index in [1.54, 1.807) is 0 Å². The molecule has 2 bridgehead atoms. The lowest BCUT2D eigenvalue weighted by Gasteiger charge is -2.59. The highest BCUT2D eigenvalue weighted by atomic mass is 16.5. The summed E-state index contributed by atoms with van der Waals surface area (Å²) in [6.07, 6.45) is 3.39. The van der Waals surface area contributed by atoms with Crippen molar-refractivity contribution in [1.29, 1.82) is 0 Å². The van der Waals surface area contributed by atoms with E-state index < -0.39 is 0 Å². The normalized spacial score (nSPS) is 38.9. The first kappa shape index (κ1) is 14.0. The second kappa shape index (κ2) is 4.17. The van der Waals surface area contributed by atoms with Crippen molar-refractivity contribution < 1.29 is 19.1 Å². The van der Waals surface area contributed by atoms with Crippen LogP contribution in [0.25, 0.3) is 0 Å². The molecule has 2 aliphatic heterocycles. The SMILES string of the molecule is C[N+]1(C)CC[C@@]23c4c5ccc(CO)c4CC1C2CCC(=O)C3O5. The zero-order valence-corrected chi connectivity index (χ0v) is 13.8. The maximum absolute atomic E-state index is 12.7. The van der Waals surface area contributed by atoms with Gasteiger partial charge in [-0.05, 0) is 23.6 Å². The zero-order chi connectivity index (χ0) is 16.0.